The van der Waals surface area contributed by atoms with Gasteiger partial charge in [0.15, 0.2) is 17.4 Å². The summed E-state index contributed by atoms with van der Waals surface area (Å²) in [7, 11) is 0. The lowest BCUT2D eigenvalue weighted by atomic mass is 9.91. The number of amides is 2. The van der Waals surface area contributed by atoms with Gasteiger partial charge in [-0.2, -0.15) is 5.26 Å². The van der Waals surface area contributed by atoms with Crippen molar-refractivity contribution in [3.63, 3.8) is 0 Å². The van der Waals surface area contributed by atoms with Gasteiger partial charge in [0.25, 0.3) is 0 Å². The fraction of sp³-hybridized carbons (Fsp3) is 0.500. The van der Waals surface area contributed by atoms with Crippen molar-refractivity contribution in [2.45, 2.75) is 108 Å². The predicted octanol–water partition coefficient (Wildman–Crippen LogP) is 5.83. The van der Waals surface area contributed by atoms with Crippen LogP contribution in [0.3, 0.4) is 0 Å². The number of phenolic OH excluding ortho intramolecular Hbond substituents is 1. The number of β-amino-alcohol motifs (C(OH)–C–C–N with tert-alkyl or cyclic N) is 1. The van der Waals surface area contributed by atoms with Crippen molar-refractivity contribution in [3.8, 4) is 29.0 Å². The Morgan fingerprint density at radius 1 is 0.932 bits per heavy atom. The van der Waals surface area contributed by atoms with Crippen LogP contribution in [0.4, 0.5) is 27.4 Å². The molecule has 5 aromatic rings. The van der Waals surface area contributed by atoms with Crippen LogP contribution in [0.5, 0.6) is 11.6 Å². The lowest BCUT2D eigenvalue weighted by Crippen LogP contribution is -2.54. The van der Waals surface area contributed by atoms with E-state index in [2.05, 4.69) is 51.3 Å². The highest BCUT2D eigenvalue weighted by atomic mass is 19.1. The normalized spacial score (nSPS) is 24.4. The van der Waals surface area contributed by atoms with E-state index >= 15 is 4.39 Å². The number of nitriles is 1. The van der Waals surface area contributed by atoms with Gasteiger partial charge < -0.3 is 50.1 Å². The first-order valence-corrected chi connectivity index (χ1v) is 25.7. The third-order valence-corrected chi connectivity index (χ3v) is 15.6. The number of phenols is 1. The third-order valence-electron chi connectivity index (χ3n) is 15.6. The Balaban J connectivity index is 0.695. The quantitative estimate of drug-likeness (QED) is 0.103. The molecular formula is C54H65FN12O6. The lowest BCUT2D eigenvalue weighted by molar-refractivity contribution is -0.141. The molecule has 5 aliphatic rings. The van der Waals surface area contributed by atoms with E-state index in [1.165, 1.54) is 4.90 Å². The average Bonchev–Trinajstić information content (AvgIpc) is 4.10. The molecule has 2 aromatic carbocycles. The summed E-state index contributed by atoms with van der Waals surface area (Å²) < 4.78 is 28.2. The van der Waals surface area contributed by atoms with Crippen LogP contribution in [0.1, 0.15) is 88.1 Å². The molecular weight excluding hydrogens is 932 g/mol. The minimum absolute atomic E-state index is 0.0366. The number of rotatable bonds is 14. The molecule has 8 atom stereocenters. The van der Waals surface area contributed by atoms with Crippen LogP contribution in [-0.2, 0) is 9.59 Å². The van der Waals surface area contributed by atoms with Gasteiger partial charge in [0.05, 0.1) is 35.2 Å². The number of pyridine rings is 1. The van der Waals surface area contributed by atoms with Crippen LogP contribution in [0.15, 0.2) is 83.5 Å². The number of piperidine rings is 2. The molecule has 5 saturated heterocycles. The number of piperazine rings is 1. The molecule has 10 rings (SSSR count). The molecule has 5 N–H and O–H groups in total. The van der Waals surface area contributed by atoms with Crippen LogP contribution in [0, 0.1) is 23.2 Å². The average molecular weight is 997 g/mol. The summed E-state index contributed by atoms with van der Waals surface area (Å²) in [4.78, 5) is 43.0. The number of nitrogens with two attached hydrogens (primary N) is 1. The van der Waals surface area contributed by atoms with Crippen LogP contribution in [0.25, 0.3) is 11.3 Å². The Morgan fingerprint density at radius 3 is 2.40 bits per heavy atom. The van der Waals surface area contributed by atoms with E-state index in [1.807, 2.05) is 57.2 Å². The molecule has 384 valence electrons. The number of aromatic nitrogens is 4. The van der Waals surface area contributed by atoms with E-state index in [9.17, 15) is 19.8 Å². The molecule has 3 aromatic heterocycles. The third kappa shape index (κ3) is 10.6. The summed E-state index contributed by atoms with van der Waals surface area (Å²) in [6.07, 6.45) is 3.62. The second-order valence-electron chi connectivity index (χ2n) is 20.9. The first-order chi connectivity index (χ1) is 35.3. The Hall–Kier alpha value is -7.04. The topological polar surface area (TPSA) is 227 Å². The van der Waals surface area contributed by atoms with Crippen molar-refractivity contribution in [3.05, 3.63) is 95.9 Å². The Bertz CT molecular complexity index is 2790. The van der Waals surface area contributed by atoms with Crippen LogP contribution >= 0.6 is 0 Å². The van der Waals surface area contributed by atoms with Crippen LogP contribution < -0.4 is 30.5 Å². The summed E-state index contributed by atoms with van der Waals surface area (Å²) in [5.41, 5.74) is 10.7. The number of nitrogens with one attached hydrogen (secondary N) is 1. The van der Waals surface area contributed by atoms with Gasteiger partial charge in [-0.3, -0.25) is 14.5 Å². The summed E-state index contributed by atoms with van der Waals surface area (Å²) >= 11 is 0. The number of hydrogen-bond donors (Lipinski definition) is 4. The van der Waals surface area contributed by atoms with Gasteiger partial charge in [0.1, 0.15) is 30.0 Å². The second-order valence-corrected chi connectivity index (χ2v) is 20.9. The van der Waals surface area contributed by atoms with Gasteiger partial charge >= 0.3 is 0 Å². The van der Waals surface area contributed by atoms with Crippen molar-refractivity contribution in [1.29, 1.82) is 5.26 Å². The van der Waals surface area contributed by atoms with E-state index in [1.54, 1.807) is 42.6 Å². The van der Waals surface area contributed by atoms with Gasteiger partial charge in [-0.1, -0.05) is 43.3 Å². The highest BCUT2D eigenvalue weighted by Gasteiger charge is 2.45. The van der Waals surface area contributed by atoms with E-state index < -0.39 is 30.3 Å². The van der Waals surface area contributed by atoms with Gasteiger partial charge in [-0.15, -0.1) is 10.2 Å². The van der Waals surface area contributed by atoms with Gasteiger partial charge in [0.2, 0.25) is 17.7 Å². The molecule has 5 aliphatic heterocycles. The number of aliphatic hydroxyl groups excluding tert-OH is 1. The molecule has 3 unspecified atom stereocenters. The molecule has 2 amide bonds. The fourth-order valence-corrected chi connectivity index (χ4v) is 11.8. The molecule has 0 saturated carbocycles. The van der Waals surface area contributed by atoms with Crippen molar-refractivity contribution in [1.82, 2.24) is 35.5 Å². The maximum Gasteiger partial charge on any atom is 0.243 e. The van der Waals surface area contributed by atoms with Crippen molar-refractivity contribution in [2.75, 3.05) is 72.8 Å². The number of nitrogen functional groups attached to an aromatic ring is 1. The number of benzene rings is 2. The van der Waals surface area contributed by atoms with Gasteiger partial charge in [0, 0.05) is 100 Å². The van der Waals surface area contributed by atoms with Crippen LogP contribution in [-0.4, -0.2) is 141 Å². The van der Waals surface area contributed by atoms with Crippen molar-refractivity contribution in [2.24, 2.45) is 11.8 Å². The smallest absolute Gasteiger partial charge is 0.243 e. The Kier molecular flexibility index (Phi) is 14.4. The Labute approximate surface area is 424 Å². The number of aromatic hydroxyl groups is 1. The minimum Gasteiger partial charge on any atom is -0.507 e. The van der Waals surface area contributed by atoms with Gasteiger partial charge in [-0.25, -0.2) is 9.37 Å². The molecule has 19 heteroatoms. The molecule has 18 nitrogen and oxygen atoms in total. The number of halogens is 1. The SMILES string of the molecule is CC(C)[C@@H](C(=O)N1C[C@H](O)C[C@H]1C(=O)N[C@@H](C)c1ccc(C#N)cc1)c1cc(N2CCC(CN3CCC(Oc4cc(N5C6CCC5CN(c5cc(-c7ccccc7O)nnc5N)C6)ccn4)[C@@H](F)C3)CC2)no1. The monoisotopic (exact) mass is 997 g/mol. The van der Waals surface area contributed by atoms with Crippen molar-refractivity contribution < 1.29 is 33.5 Å². The fourth-order valence-electron chi connectivity index (χ4n) is 11.8. The second kappa shape index (κ2) is 21.2. The van der Waals surface area contributed by atoms with E-state index in [-0.39, 0.29) is 54.6 Å². The summed E-state index contributed by atoms with van der Waals surface area (Å²) in [6, 6.07) is 23.0. The minimum atomic E-state index is -1.17. The molecule has 8 heterocycles. The summed E-state index contributed by atoms with van der Waals surface area (Å²) in [5.74, 6) is 0.824. The van der Waals surface area contributed by atoms with E-state index in [4.69, 9.17) is 20.3 Å². The molecule has 0 spiro atoms. The first-order valence-electron chi connectivity index (χ1n) is 25.7. The number of nitrogens with zero attached hydrogens (tertiary/aromatic N) is 10. The highest BCUT2D eigenvalue weighted by Crippen LogP contribution is 2.40. The lowest BCUT2D eigenvalue weighted by Gasteiger charge is -2.43. The number of alkyl halides is 1. The first kappa shape index (κ1) is 49.5. The zero-order valence-electron chi connectivity index (χ0n) is 41.6. The molecule has 0 aliphatic carbocycles. The molecule has 5 fully saturated rings. The predicted molar refractivity (Wildman–Crippen MR) is 273 cm³/mol. The number of hydrogen-bond acceptors (Lipinski definition) is 16. The van der Waals surface area contributed by atoms with E-state index in [0.29, 0.717) is 59.0 Å². The number of fused-ring (bicyclic) bond motifs is 2. The summed E-state index contributed by atoms with van der Waals surface area (Å²) in [5, 5.41) is 46.2. The molecule has 0 radical (unpaired) electrons. The Morgan fingerprint density at radius 2 is 1.68 bits per heavy atom. The van der Waals surface area contributed by atoms with E-state index in [0.717, 1.165) is 81.9 Å². The number of para-hydroxylation sites is 1. The molecule has 73 heavy (non-hydrogen) atoms. The molecule has 2 bridgehead atoms. The largest absolute Gasteiger partial charge is 0.507 e. The number of anilines is 4. The maximum absolute atomic E-state index is 16.0. The zero-order chi connectivity index (χ0) is 50.9. The maximum atomic E-state index is 16.0. The number of likely N-dealkylation sites (tertiary alicyclic amines) is 2. The number of carbonyl (C=O) groups is 2. The van der Waals surface area contributed by atoms with Gasteiger partial charge in [-0.05, 0) is 92.8 Å². The summed E-state index contributed by atoms with van der Waals surface area (Å²) in [6.45, 7) is 10.5. The zero-order valence-corrected chi connectivity index (χ0v) is 41.6. The highest BCUT2D eigenvalue weighted by molar-refractivity contribution is 5.91. The number of carbonyl (C=O) groups excluding carboxylic acids is 2. The van der Waals surface area contributed by atoms with Crippen LogP contribution in [0.2, 0.25) is 0 Å². The number of aliphatic hydroxyl groups is 1. The standard InChI is InChI=1S/C54H65FN12O6/c1-32(2)51(54(71)66-30-40(68)23-45(66)53(70)59-33(3)36-10-8-34(26-56)9-11-36)48-25-49(62-73-48)64-20-15-35(16-21-64)27-63-19-17-47(42(55)31-63)72-50-22-37(14-18-58-50)67-38-12-13-39(67)29-65(28-38)44-24-43(60-61-52(44)57)41-6-4-5-7-46(41)69/h4-11,14,18,22,24-25,32-33,35,38-40,42,45,47,51,68-69H,12-13,15-17,19-21,23,27-31H2,1-3H3,(H2,57,61)(H,59,70)/t33-,38?,39?,40+,42-,45-,47?,51+/m0/s1. The van der Waals surface area contributed by atoms with Crippen molar-refractivity contribution >= 4 is 34.8 Å². The number of ether oxygens (including phenoxy) is 1.